The SMILES string of the molecule is CC(C)COc1c(Cl)cc(Cl)cc1CNC1CC1. The lowest BCUT2D eigenvalue weighted by Gasteiger charge is -2.15. The van der Waals surface area contributed by atoms with Crippen molar-refractivity contribution in [3.63, 3.8) is 0 Å². The van der Waals surface area contributed by atoms with Crippen LogP contribution >= 0.6 is 23.2 Å². The van der Waals surface area contributed by atoms with E-state index in [4.69, 9.17) is 27.9 Å². The topological polar surface area (TPSA) is 21.3 Å². The van der Waals surface area contributed by atoms with Crippen molar-refractivity contribution in [3.05, 3.63) is 27.7 Å². The van der Waals surface area contributed by atoms with Crippen LogP contribution in [0.1, 0.15) is 32.3 Å². The fourth-order valence-electron chi connectivity index (χ4n) is 1.70. The molecule has 0 unspecified atom stereocenters. The van der Waals surface area contributed by atoms with Gasteiger partial charge in [-0.1, -0.05) is 37.0 Å². The molecule has 1 aliphatic rings. The van der Waals surface area contributed by atoms with Gasteiger partial charge in [-0.05, 0) is 30.9 Å². The third-order valence-electron chi connectivity index (χ3n) is 2.80. The molecule has 0 atom stereocenters. The van der Waals surface area contributed by atoms with Crippen molar-refractivity contribution in [2.24, 2.45) is 5.92 Å². The van der Waals surface area contributed by atoms with E-state index in [9.17, 15) is 0 Å². The number of rotatable bonds is 6. The molecule has 100 valence electrons. The lowest BCUT2D eigenvalue weighted by Crippen LogP contribution is -2.17. The molecular formula is C14H19Cl2NO. The molecule has 1 aromatic carbocycles. The van der Waals surface area contributed by atoms with Gasteiger partial charge in [0.2, 0.25) is 0 Å². The van der Waals surface area contributed by atoms with Crippen LogP contribution in [0.3, 0.4) is 0 Å². The number of halogens is 2. The van der Waals surface area contributed by atoms with Crippen molar-refractivity contribution < 1.29 is 4.74 Å². The molecule has 1 N–H and O–H groups in total. The van der Waals surface area contributed by atoms with E-state index in [0.717, 1.165) is 17.9 Å². The van der Waals surface area contributed by atoms with Crippen LogP contribution < -0.4 is 10.1 Å². The highest BCUT2D eigenvalue weighted by atomic mass is 35.5. The van der Waals surface area contributed by atoms with Crippen LogP contribution in [-0.4, -0.2) is 12.6 Å². The predicted molar refractivity (Wildman–Crippen MR) is 76.7 cm³/mol. The summed E-state index contributed by atoms with van der Waals surface area (Å²) in [7, 11) is 0. The zero-order valence-corrected chi connectivity index (χ0v) is 12.3. The van der Waals surface area contributed by atoms with E-state index >= 15 is 0 Å². The maximum absolute atomic E-state index is 6.21. The summed E-state index contributed by atoms with van der Waals surface area (Å²) >= 11 is 12.3. The third-order valence-corrected chi connectivity index (χ3v) is 3.30. The molecule has 0 spiro atoms. The molecule has 0 radical (unpaired) electrons. The van der Waals surface area contributed by atoms with Crippen molar-refractivity contribution in [3.8, 4) is 5.75 Å². The lowest BCUT2D eigenvalue weighted by molar-refractivity contribution is 0.268. The summed E-state index contributed by atoms with van der Waals surface area (Å²) in [6.07, 6.45) is 2.52. The number of benzene rings is 1. The smallest absolute Gasteiger partial charge is 0.142 e. The molecule has 2 rings (SSSR count). The molecule has 0 saturated heterocycles. The van der Waals surface area contributed by atoms with Crippen molar-refractivity contribution in [2.75, 3.05) is 6.61 Å². The van der Waals surface area contributed by atoms with Crippen LogP contribution in [0.15, 0.2) is 12.1 Å². The van der Waals surface area contributed by atoms with Crippen molar-refractivity contribution in [2.45, 2.75) is 39.3 Å². The summed E-state index contributed by atoms with van der Waals surface area (Å²) in [5.41, 5.74) is 1.04. The molecule has 1 fully saturated rings. The molecular weight excluding hydrogens is 269 g/mol. The minimum Gasteiger partial charge on any atom is -0.491 e. The molecule has 2 nitrogen and oxygen atoms in total. The van der Waals surface area contributed by atoms with Crippen molar-refractivity contribution >= 4 is 23.2 Å². The zero-order chi connectivity index (χ0) is 13.1. The Bertz CT molecular complexity index is 417. The highest BCUT2D eigenvalue weighted by Crippen LogP contribution is 2.33. The van der Waals surface area contributed by atoms with Gasteiger partial charge in [0.05, 0.1) is 11.6 Å². The first-order valence-electron chi connectivity index (χ1n) is 6.40. The first-order chi connectivity index (χ1) is 8.56. The Balaban J connectivity index is 2.11. The third kappa shape index (κ3) is 4.04. The second-order valence-corrected chi connectivity index (χ2v) is 6.08. The second-order valence-electron chi connectivity index (χ2n) is 5.24. The number of ether oxygens (including phenoxy) is 1. The second kappa shape index (κ2) is 6.14. The Kier molecular flexibility index (Phi) is 4.77. The maximum atomic E-state index is 6.21. The first kappa shape index (κ1) is 14.0. The molecule has 0 heterocycles. The van der Waals surface area contributed by atoms with Gasteiger partial charge >= 0.3 is 0 Å². The van der Waals surface area contributed by atoms with E-state index in [1.54, 1.807) is 6.07 Å². The van der Waals surface area contributed by atoms with Gasteiger partial charge < -0.3 is 10.1 Å². The Morgan fingerprint density at radius 2 is 2.06 bits per heavy atom. The summed E-state index contributed by atoms with van der Waals surface area (Å²) in [4.78, 5) is 0. The lowest BCUT2D eigenvalue weighted by atomic mass is 10.2. The summed E-state index contributed by atoms with van der Waals surface area (Å²) in [6.45, 7) is 5.66. The summed E-state index contributed by atoms with van der Waals surface area (Å²) in [6, 6.07) is 4.32. The van der Waals surface area contributed by atoms with E-state index in [-0.39, 0.29) is 0 Å². The van der Waals surface area contributed by atoms with Crippen LogP contribution in [0.2, 0.25) is 10.0 Å². The van der Waals surface area contributed by atoms with Crippen LogP contribution in [0.25, 0.3) is 0 Å². The molecule has 1 aliphatic carbocycles. The van der Waals surface area contributed by atoms with Gasteiger partial charge in [0.1, 0.15) is 5.75 Å². The van der Waals surface area contributed by atoms with E-state index in [2.05, 4.69) is 19.2 Å². The fraction of sp³-hybridized carbons (Fsp3) is 0.571. The van der Waals surface area contributed by atoms with Gasteiger partial charge in [-0.15, -0.1) is 0 Å². The number of nitrogens with one attached hydrogen (secondary N) is 1. The van der Waals surface area contributed by atoms with Crippen molar-refractivity contribution in [1.29, 1.82) is 0 Å². The Morgan fingerprint density at radius 3 is 2.67 bits per heavy atom. The van der Waals surface area contributed by atoms with E-state index in [1.165, 1.54) is 12.8 Å². The Labute approximate surface area is 119 Å². The summed E-state index contributed by atoms with van der Waals surface area (Å²) < 4.78 is 5.81. The van der Waals surface area contributed by atoms with Gasteiger partial charge in [-0.2, -0.15) is 0 Å². The Morgan fingerprint density at radius 1 is 1.33 bits per heavy atom. The maximum Gasteiger partial charge on any atom is 0.142 e. The number of hydrogen-bond acceptors (Lipinski definition) is 2. The molecule has 18 heavy (non-hydrogen) atoms. The molecule has 0 aromatic heterocycles. The molecule has 4 heteroatoms. The first-order valence-corrected chi connectivity index (χ1v) is 7.16. The van der Waals surface area contributed by atoms with Gasteiger partial charge in [-0.3, -0.25) is 0 Å². The average Bonchev–Trinajstić information content (AvgIpc) is 3.08. The standard InChI is InChI=1S/C14H19Cl2NO/c1-9(2)8-18-14-10(7-17-12-3-4-12)5-11(15)6-13(14)16/h5-6,9,12,17H,3-4,7-8H2,1-2H3. The molecule has 0 bridgehead atoms. The van der Waals surface area contributed by atoms with Gasteiger partial charge in [0, 0.05) is 23.2 Å². The minimum atomic E-state index is 0.473. The van der Waals surface area contributed by atoms with Crippen LogP contribution in [0.5, 0.6) is 5.75 Å². The fourth-order valence-corrected chi connectivity index (χ4v) is 2.29. The van der Waals surface area contributed by atoms with E-state index < -0.39 is 0 Å². The largest absolute Gasteiger partial charge is 0.491 e. The van der Waals surface area contributed by atoms with Crippen LogP contribution in [-0.2, 0) is 6.54 Å². The quantitative estimate of drug-likeness (QED) is 0.843. The van der Waals surface area contributed by atoms with Crippen LogP contribution in [0.4, 0.5) is 0 Å². The van der Waals surface area contributed by atoms with E-state index in [0.29, 0.717) is 28.6 Å². The zero-order valence-electron chi connectivity index (χ0n) is 10.8. The number of hydrogen-bond donors (Lipinski definition) is 1. The molecule has 0 amide bonds. The Hall–Kier alpha value is -0.440. The normalized spacial score (nSPS) is 15.2. The van der Waals surface area contributed by atoms with Gasteiger partial charge in [-0.25, -0.2) is 0 Å². The summed E-state index contributed by atoms with van der Waals surface area (Å²) in [5, 5.41) is 4.71. The summed E-state index contributed by atoms with van der Waals surface area (Å²) in [5.74, 6) is 1.24. The monoisotopic (exact) mass is 287 g/mol. The van der Waals surface area contributed by atoms with Gasteiger partial charge in [0.25, 0.3) is 0 Å². The van der Waals surface area contributed by atoms with Crippen LogP contribution in [0, 0.1) is 5.92 Å². The highest BCUT2D eigenvalue weighted by molar-refractivity contribution is 6.35. The predicted octanol–water partition coefficient (Wildman–Crippen LogP) is 4.28. The van der Waals surface area contributed by atoms with Gasteiger partial charge in [0.15, 0.2) is 0 Å². The average molecular weight is 288 g/mol. The van der Waals surface area contributed by atoms with Crippen molar-refractivity contribution in [1.82, 2.24) is 5.32 Å². The molecule has 1 aromatic rings. The minimum absolute atomic E-state index is 0.473. The molecule has 1 saturated carbocycles. The van der Waals surface area contributed by atoms with E-state index in [1.807, 2.05) is 6.07 Å². The highest BCUT2D eigenvalue weighted by Gasteiger charge is 2.21. The molecule has 0 aliphatic heterocycles.